The van der Waals surface area contributed by atoms with Gasteiger partial charge in [0.1, 0.15) is 0 Å². The number of benzene rings is 2. The van der Waals surface area contributed by atoms with Crippen LogP contribution in [0.3, 0.4) is 0 Å². The van der Waals surface area contributed by atoms with Gasteiger partial charge in [-0.15, -0.1) is 0 Å². The molecule has 0 saturated carbocycles. The first-order valence-electron chi connectivity index (χ1n) is 7.89. The molecule has 0 fully saturated rings. The van der Waals surface area contributed by atoms with Gasteiger partial charge in [-0.1, -0.05) is 41.4 Å². The Kier molecular flexibility index (Phi) is 4.07. The van der Waals surface area contributed by atoms with Gasteiger partial charge < -0.3 is 5.32 Å². The second-order valence-corrected chi connectivity index (χ2v) is 8.84. The Bertz CT molecular complexity index is 989. The SMILES string of the molecule is NS(=O)(=O)c1ccc2c(c1)[C@@H]1C=CC[C@H]1[C@H](c1ccc(Cl)cc1Cl)N2. The van der Waals surface area contributed by atoms with Crippen LogP contribution in [0.2, 0.25) is 10.0 Å². The van der Waals surface area contributed by atoms with Gasteiger partial charge in [-0.25, -0.2) is 13.6 Å². The Hall–Kier alpha value is -1.53. The number of nitrogens with two attached hydrogens (primary N) is 1. The molecule has 0 bridgehead atoms. The van der Waals surface area contributed by atoms with Crippen LogP contribution in [0.1, 0.15) is 29.5 Å². The highest BCUT2D eigenvalue weighted by Gasteiger charge is 2.39. The lowest BCUT2D eigenvalue weighted by Crippen LogP contribution is -2.29. The van der Waals surface area contributed by atoms with Gasteiger partial charge >= 0.3 is 0 Å². The van der Waals surface area contributed by atoms with Crippen LogP contribution in [0.5, 0.6) is 0 Å². The summed E-state index contributed by atoms with van der Waals surface area (Å²) in [6.45, 7) is 0. The average molecular weight is 395 g/mol. The van der Waals surface area contributed by atoms with Gasteiger partial charge in [-0.3, -0.25) is 0 Å². The quantitative estimate of drug-likeness (QED) is 0.738. The molecule has 2 aliphatic rings. The van der Waals surface area contributed by atoms with Crippen LogP contribution in [-0.2, 0) is 10.0 Å². The fourth-order valence-corrected chi connectivity index (χ4v) is 4.89. The van der Waals surface area contributed by atoms with E-state index in [4.69, 9.17) is 28.3 Å². The topological polar surface area (TPSA) is 72.2 Å². The zero-order chi connectivity index (χ0) is 17.8. The molecule has 4 rings (SSSR count). The van der Waals surface area contributed by atoms with Crippen LogP contribution in [0.25, 0.3) is 0 Å². The summed E-state index contributed by atoms with van der Waals surface area (Å²) in [5.41, 5.74) is 2.84. The number of anilines is 1. The average Bonchev–Trinajstić information content (AvgIpc) is 3.03. The van der Waals surface area contributed by atoms with Crippen molar-refractivity contribution in [1.82, 2.24) is 0 Å². The minimum absolute atomic E-state index is 0.0256. The first kappa shape index (κ1) is 16.9. The van der Waals surface area contributed by atoms with Crippen LogP contribution in [-0.4, -0.2) is 8.42 Å². The molecule has 1 aliphatic heterocycles. The van der Waals surface area contributed by atoms with E-state index in [2.05, 4.69) is 17.5 Å². The van der Waals surface area contributed by atoms with Gasteiger partial charge in [0, 0.05) is 21.7 Å². The lowest BCUT2D eigenvalue weighted by Gasteiger charge is -2.38. The van der Waals surface area contributed by atoms with Crippen molar-refractivity contribution in [3.05, 3.63) is 69.7 Å². The van der Waals surface area contributed by atoms with Crippen molar-refractivity contribution >= 4 is 38.9 Å². The summed E-state index contributed by atoms with van der Waals surface area (Å²) in [5.74, 6) is 0.372. The summed E-state index contributed by atoms with van der Waals surface area (Å²) >= 11 is 12.4. The maximum Gasteiger partial charge on any atom is 0.238 e. The molecule has 3 N–H and O–H groups in total. The number of primary sulfonamides is 1. The van der Waals surface area contributed by atoms with Crippen LogP contribution < -0.4 is 10.5 Å². The minimum atomic E-state index is -3.73. The molecule has 130 valence electrons. The van der Waals surface area contributed by atoms with E-state index in [1.54, 1.807) is 18.2 Å². The highest BCUT2D eigenvalue weighted by molar-refractivity contribution is 7.89. The first-order valence-corrected chi connectivity index (χ1v) is 10.2. The smallest absolute Gasteiger partial charge is 0.238 e. The Morgan fingerprint density at radius 3 is 2.60 bits per heavy atom. The molecule has 0 unspecified atom stereocenters. The van der Waals surface area contributed by atoms with Gasteiger partial charge in [-0.2, -0.15) is 0 Å². The zero-order valence-electron chi connectivity index (χ0n) is 13.1. The maximum atomic E-state index is 11.7. The lowest BCUT2D eigenvalue weighted by atomic mass is 9.77. The zero-order valence-corrected chi connectivity index (χ0v) is 15.4. The van der Waals surface area contributed by atoms with E-state index in [0.717, 1.165) is 23.2 Å². The molecule has 1 heterocycles. The Balaban J connectivity index is 1.81. The molecule has 7 heteroatoms. The van der Waals surface area contributed by atoms with E-state index in [0.29, 0.717) is 10.0 Å². The normalized spacial score (nSPS) is 24.5. The molecule has 0 saturated heterocycles. The van der Waals surface area contributed by atoms with Gasteiger partial charge in [0.15, 0.2) is 0 Å². The van der Waals surface area contributed by atoms with Gasteiger partial charge in [-0.05, 0) is 53.8 Å². The van der Waals surface area contributed by atoms with Crippen LogP contribution >= 0.6 is 23.2 Å². The largest absolute Gasteiger partial charge is 0.378 e. The molecular formula is C18H16Cl2N2O2S. The molecule has 4 nitrogen and oxygen atoms in total. The van der Waals surface area contributed by atoms with E-state index in [9.17, 15) is 8.42 Å². The summed E-state index contributed by atoms with van der Waals surface area (Å²) in [6.07, 6.45) is 5.15. The highest BCUT2D eigenvalue weighted by atomic mass is 35.5. The van der Waals surface area contributed by atoms with E-state index >= 15 is 0 Å². The van der Waals surface area contributed by atoms with Crippen molar-refractivity contribution in [1.29, 1.82) is 0 Å². The standard InChI is InChI=1S/C18H16Cl2N2O2S/c19-10-4-6-14(16(20)8-10)18-13-3-1-2-12(13)15-9-11(25(21,23)24)5-7-17(15)22-18/h1-2,4-9,12-13,18,22H,3H2,(H2,21,23,24)/t12-,13-,18-/m1/s1. The molecular weight excluding hydrogens is 379 g/mol. The molecule has 0 radical (unpaired) electrons. The Morgan fingerprint density at radius 2 is 1.88 bits per heavy atom. The van der Waals surface area contributed by atoms with Gasteiger partial charge in [0.25, 0.3) is 0 Å². The molecule has 0 aromatic heterocycles. The molecule has 2 aromatic carbocycles. The lowest BCUT2D eigenvalue weighted by molar-refractivity contribution is 0.425. The number of sulfonamides is 1. The van der Waals surface area contributed by atoms with Crippen LogP contribution in [0, 0.1) is 5.92 Å². The van der Waals surface area contributed by atoms with Gasteiger partial charge in [0.05, 0.1) is 10.9 Å². The second kappa shape index (κ2) is 6.02. The Morgan fingerprint density at radius 1 is 1.08 bits per heavy atom. The monoisotopic (exact) mass is 394 g/mol. The van der Waals surface area contributed by atoms with Crippen molar-refractivity contribution in [3.8, 4) is 0 Å². The fourth-order valence-electron chi connectivity index (χ4n) is 3.81. The van der Waals surface area contributed by atoms with E-state index in [-0.39, 0.29) is 22.8 Å². The van der Waals surface area contributed by atoms with Crippen LogP contribution in [0.15, 0.2) is 53.4 Å². The molecule has 25 heavy (non-hydrogen) atoms. The molecule has 3 atom stereocenters. The van der Waals surface area contributed by atoms with Crippen molar-refractivity contribution < 1.29 is 8.42 Å². The Labute approximate surface area is 156 Å². The molecule has 0 amide bonds. The molecule has 0 spiro atoms. The van der Waals surface area contributed by atoms with Crippen molar-refractivity contribution in [3.63, 3.8) is 0 Å². The number of fused-ring (bicyclic) bond motifs is 3. The van der Waals surface area contributed by atoms with Crippen molar-refractivity contribution in [2.45, 2.75) is 23.3 Å². The molecule has 2 aromatic rings. The molecule has 1 aliphatic carbocycles. The number of halogens is 2. The second-order valence-electron chi connectivity index (χ2n) is 6.44. The summed E-state index contributed by atoms with van der Waals surface area (Å²) < 4.78 is 23.4. The summed E-state index contributed by atoms with van der Waals surface area (Å²) in [4.78, 5) is 0.134. The summed E-state index contributed by atoms with van der Waals surface area (Å²) in [5, 5.41) is 10.0. The van der Waals surface area contributed by atoms with Crippen molar-refractivity contribution in [2.75, 3.05) is 5.32 Å². The number of hydrogen-bond acceptors (Lipinski definition) is 3. The van der Waals surface area contributed by atoms with E-state index in [1.807, 2.05) is 12.1 Å². The predicted molar refractivity (Wildman–Crippen MR) is 101 cm³/mol. The number of rotatable bonds is 2. The summed E-state index contributed by atoms with van der Waals surface area (Å²) in [6, 6.07) is 10.5. The third-order valence-electron chi connectivity index (χ3n) is 4.96. The predicted octanol–water partition coefficient (Wildman–Crippen LogP) is 4.47. The summed E-state index contributed by atoms with van der Waals surface area (Å²) in [7, 11) is -3.73. The third kappa shape index (κ3) is 2.95. The highest BCUT2D eigenvalue weighted by Crippen LogP contribution is 2.51. The first-order chi connectivity index (χ1) is 11.8. The number of nitrogens with one attached hydrogen (secondary N) is 1. The van der Waals surface area contributed by atoms with Crippen LogP contribution in [0.4, 0.5) is 5.69 Å². The fraction of sp³-hybridized carbons (Fsp3) is 0.222. The minimum Gasteiger partial charge on any atom is -0.378 e. The van der Waals surface area contributed by atoms with Gasteiger partial charge in [0.2, 0.25) is 10.0 Å². The van der Waals surface area contributed by atoms with E-state index < -0.39 is 10.0 Å². The van der Waals surface area contributed by atoms with Crippen molar-refractivity contribution in [2.24, 2.45) is 11.1 Å². The number of hydrogen-bond donors (Lipinski definition) is 2. The van der Waals surface area contributed by atoms with E-state index in [1.165, 1.54) is 6.07 Å². The third-order valence-corrected chi connectivity index (χ3v) is 6.43. The maximum absolute atomic E-state index is 11.7. The number of allylic oxidation sites excluding steroid dienone is 2.